The molecule has 8 heteroatoms. The van der Waals surface area contributed by atoms with Crippen LogP contribution >= 0.6 is 11.6 Å². The summed E-state index contributed by atoms with van der Waals surface area (Å²) in [6.45, 7) is 0.541. The fraction of sp³-hybridized carbons (Fsp3) is 0.278. The lowest BCUT2D eigenvalue weighted by Crippen LogP contribution is -2.41. The number of carbonyl (C=O) groups is 1. The van der Waals surface area contributed by atoms with Gasteiger partial charge in [0.15, 0.2) is 0 Å². The van der Waals surface area contributed by atoms with Gasteiger partial charge in [0.05, 0.1) is 15.6 Å². The first-order chi connectivity index (χ1) is 12.5. The third-order valence-electron chi connectivity index (χ3n) is 3.59. The number of carbonyl (C=O) groups excluding carboxylic acids is 1. The van der Waals surface area contributed by atoms with Crippen LogP contribution < -0.4 is 9.62 Å². The van der Waals surface area contributed by atoms with Crippen molar-refractivity contribution in [2.45, 2.75) is 11.3 Å². The first-order valence-corrected chi connectivity index (χ1v) is 9.86. The molecule has 0 aromatic heterocycles. The predicted molar refractivity (Wildman–Crippen MR) is 102 cm³/mol. The van der Waals surface area contributed by atoms with Crippen LogP contribution in [0.25, 0.3) is 0 Å². The van der Waals surface area contributed by atoms with Gasteiger partial charge in [-0.1, -0.05) is 41.9 Å². The Balaban J connectivity index is 2.29. The molecule has 0 heterocycles. The summed E-state index contributed by atoms with van der Waals surface area (Å²) in [4.78, 5) is 12.4. The van der Waals surface area contributed by atoms with Crippen LogP contribution in [0.15, 0.2) is 59.5 Å². The number of halogens is 1. The number of rotatable bonds is 9. The number of sulfonamides is 1. The molecular weight excluding hydrogens is 376 g/mol. The summed E-state index contributed by atoms with van der Waals surface area (Å²) < 4.78 is 32.1. The highest BCUT2D eigenvalue weighted by atomic mass is 35.5. The highest BCUT2D eigenvalue weighted by Crippen LogP contribution is 2.30. The zero-order valence-corrected chi connectivity index (χ0v) is 16.0. The summed E-state index contributed by atoms with van der Waals surface area (Å²) in [5.74, 6) is -0.416. The lowest BCUT2D eigenvalue weighted by Gasteiger charge is -2.25. The molecule has 1 amide bonds. The molecule has 0 unspecified atom stereocenters. The molecule has 0 saturated heterocycles. The summed E-state index contributed by atoms with van der Waals surface area (Å²) in [6, 6.07) is 14.5. The summed E-state index contributed by atoms with van der Waals surface area (Å²) in [5, 5.41) is 2.94. The van der Waals surface area contributed by atoms with Crippen molar-refractivity contribution in [2.75, 3.05) is 31.1 Å². The van der Waals surface area contributed by atoms with Crippen LogP contribution in [0.1, 0.15) is 6.42 Å². The second-order valence-electron chi connectivity index (χ2n) is 5.47. The smallest absolute Gasteiger partial charge is 0.264 e. The number of methoxy groups -OCH3 is 1. The number of hydrogen-bond acceptors (Lipinski definition) is 4. The van der Waals surface area contributed by atoms with Crippen molar-refractivity contribution >= 4 is 33.2 Å². The molecule has 0 bridgehead atoms. The van der Waals surface area contributed by atoms with E-state index in [2.05, 4.69) is 5.32 Å². The van der Waals surface area contributed by atoms with Crippen LogP contribution in [0.3, 0.4) is 0 Å². The maximum atomic E-state index is 13.1. The minimum absolute atomic E-state index is 0.0899. The average Bonchev–Trinajstić information content (AvgIpc) is 2.65. The van der Waals surface area contributed by atoms with E-state index in [1.807, 2.05) is 0 Å². The first-order valence-electron chi connectivity index (χ1n) is 8.05. The summed E-state index contributed by atoms with van der Waals surface area (Å²) in [7, 11) is -2.37. The molecule has 0 saturated carbocycles. The first kappa shape index (κ1) is 20.2. The van der Waals surface area contributed by atoms with E-state index in [0.717, 1.165) is 4.31 Å². The molecule has 0 aliphatic rings. The van der Waals surface area contributed by atoms with Crippen molar-refractivity contribution in [3.63, 3.8) is 0 Å². The molecule has 0 atom stereocenters. The van der Waals surface area contributed by atoms with Gasteiger partial charge in [0.2, 0.25) is 5.91 Å². The van der Waals surface area contributed by atoms with Crippen molar-refractivity contribution < 1.29 is 17.9 Å². The summed E-state index contributed by atoms with van der Waals surface area (Å²) in [6.07, 6.45) is 0.639. The normalized spacial score (nSPS) is 11.2. The Morgan fingerprint density at radius 2 is 1.77 bits per heavy atom. The fourth-order valence-electron chi connectivity index (χ4n) is 2.30. The standard InChI is InChI=1S/C18H21ClN2O4S/c1-25-13-7-12-20-18(22)14-21(17-11-6-5-10-16(17)19)26(23,24)15-8-3-2-4-9-15/h2-6,8-11H,7,12-14H2,1H3,(H,20,22). The Bertz CT molecular complexity index is 828. The second-order valence-corrected chi connectivity index (χ2v) is 7.74. The number of para-hydroxylation sites is 1. The zero-order valence-electron chi connectivity index (χ0n) is 14.4. The molecule has 6 nitrogen and oxygen atoms in total. The second kappa shape index (κ2) is 9.56. The van der Waals surface area contributed by atoms with Crippen molar-refractivity contribution in [1.82, 2.24) is 5.32 Å². The predicted octanol–water partition coefficient (Wildman–Crippen LogP) is 2.69. The van der Waals surface area contributed by atoms with Gasteiger partial charge in [-0.3, -0.25) is 9.10 Å². The van der Waals surface area contributed by atoms with Crippen molar-refractivity contribution in [2.24, 2.45) is 0 Å². The average molecular weight is 397 g/mol. The Labute approximate surface area is 158 Å². The molecule has 0 radical (unpaired) electrons. The van der Waals surface area contributed by atoms with E-state index in [1.54, 1.807) is 49.6 Å². The fourth-order valence-corrected chi connectivity index (χ4v) is 4.05. The highest BCUT2D eigenvalue weighted by Gasteiger charge is 2.28. The van der Waals surface area contributed by atoms with Crippen LogP contribution in [0.5, 0.6) is 0 Å². The lowest BCUT2D eigenvalue weighted by molar-refractivity contribution is -0.119. The SMILES string of the molecule is COCCCNC(=O)CN(c1ccccc1Cl)S(=O)(=O)c1ccccc1. The largest absolute Gasteiger partial charge is 0.385 e. The molecule has 2 rings (SSSR count). The van der Waals surface area contributed by atoms with Crippen molar-refractivity contribution in [3.05, 3.63) is 59.6 Å². The Morgan fingerprint density at radius 1 is 1.12 bits per heavy atom. The minimum Gasteiger partial charge on any atom is -0.385 e. The van der Waals surface area contributed by atoms with E-state index in [4.69, 9.17) is 16.3 Å². The molecule has 0 fully saturated rings. The van der Waals surface area contributed by atoms with Gasteiger partial charge in [0.1, 0.15) is 6.54 Å². The summed E-state index contributed by atoms with van der Waals surface area (Å²) in [5.41, 5.74) is 0.255. The van der Waals surface area contributed by atoms with Gasteiger partial charge in [-0.05, 0) is 30.7 Å². The molecule has 1 N–H and O–H groups in total. The van der Waals surface area contributed by atoms with Crippen LogP contribution in [-0.4, -0.2) is 41.1 Å². The number of nitrogens with one attached hydrogen (secondary N) is 1. The lowest BCUT2D eigenvalue weighted by atomic mass is 10.3. The zero-order chi connectivity index (χ0) is 19.0. The molecule has 2 aromatic rings. The van der Waals surface area contributed by atoms with E-state index in [-0.39, 0.29) is 22.2 Å². The van der Waals surface area contributed by atoms with Gasteiger partial charge in [0, 0.05) is 20.3 Å². The molecular formula is C18H21ClN2O4S. The third kappa shape index (κ3) is 5.20. The number of ether oxygens (including phenoxy) is 1. The number of amides is 1. The molecule has 140 valence electrons. The number of nitrogens with zero attached hydrogens (tertiary/aromatic N) is 1. The van der Waals surface area contributed by atoms with Crippen molar-refractivity contribution in [1.29, 1.82) is 0 Å². The number of benzene rings is 2. The number of anilines is 1. The van der Waals surface area contributed by atoms with E-state index >= 15 is 0 Å². The molecule has 0 aliphatic heterocycles. The van der Waals surface area contributed by atoms with Gasteiger partial charge in [-0.2, -0.15) is 0 Å². The summed E-state index contributed by atoms with van der Waals surface area (Å²) >= 11 is 6.19. The monoisotopic (exact) mass is 396 g/mol. The van der Waals surface area contributed by atoms with E-state index in [1.165, 1.54) is 12.1 Å². The van der Waals surface area contributed by atoms with Crippen LogP contribution in [0, 0.1) is 0 Å². The quantitative estimate of drug-likeness (QED) is 0.661. The Morgan fingerprint density at radius 3 is 2.42 bits per heavy atom. The Kier molecular flexibility index (Phi) is 7.44. The maximum absolute atomic E-state index is 13.1. The van der Waals surface area contributed by atoms with E-state index < -0.39 is 15.9 Å². The van der Waals surface area contributed by atoms with E-state index in [0.29, 0.717) is 19.6 Å². The van der Waals surface area contributed by atoms with Crippen molar-refractivity contribution in [3.8, 4) is 0 Å². The highest BCUT2D eigenvalue weighted by molar-refractivity contribution is 7.92. The van der Waals surface area contributed by atoms with Gasteiger partial charge in [0.25, 0.3) is 10.0 Å². The number of hydrogen-bond donors (Lipinski definition) is 1. The molecule has 26 heavy (non-hydrogen) atoms. The third-order valence-corrected chi connectivity index (χ3v) is 5.68. The van der Waals surface area contributed by atoms with Crippen LogP contribution in [0.2, 0.25) is 5.02 Å². The molecule has 0 aliphatic carbocycles. The minimum atomic E-state index is -3.94. The maximum Gasteiger partial charge on any atom is 0.264 e. The van der Waals surface area contributed by atoms with E-state index in [9.17, 15) is 13.2 Å². The van der Waals surface area contributed by atoms with Gasteiger partial charge >= 0.3 is 0 Å². The topological polar surface area (TPSA) is 75.7 Å². The van der Waals surface area contributed by atoms with Crippen LogP contribution in [0.4, 0.5) is 5.69 Å². The van der Waals surface area contributed by atoms with Gasteiger partial charge in [-0.15, -0.1) is 0 Å². The van der Waals surface area contributed by atoms with Gasteiger partial charge < -0.3 is 10.1 Å². The molecule has 2 aromatic carbocycles. The van der Waals surface area contributed by atoms with Crippen LogP contribution in [-0.2, 0) is 19.6 Å². The molecule has 0 spiro atoms. The Hall–Kier alpha value is -2.09. The van der Waals surface area contributed by atoms with Gasteiger partial charge in [-0.25, -0.2) is 8.42 Å².